The van der Waals surface area contributed by atoms with Gasteiger partial charge in [-0.15, -0.1) is 11.3 Å². The van der Waals surface area contributed by atoms with E-state index in [9.17, 15) is 0 Å². The van der Waals surface area contributed by atoms with Crippen LogP contribution in [0.15, 0.2) is 29.6 Å². The number of thiazole rings is 1. The SMILES string of the molecule is COc1ccccc1-c1csc(C2CCN(CC(C)C)CC2)n1. The van der Waals surface area contributed by atoms with Crippen LogP contribution < -0.4 is 4.74 Å². The molecule has 3 rings (SSSR count). The van der Waals surface area contributed by atoms with Crippen LogP contribution in [0.25, 0.3) is 11.3 Å². The fourth-order valence-corrected chi connectivity index (χ4v) is 4.33. The summed E-state index contributed by atoms with van der Waals surface area (Å²) in [6.45, 7) is 8.22. The van der Waals surface area contributed by atoms with Gasteiger partial charge in [-0.05, 0) is 44.0 Å². The highest BCUT2D eigenvalue weighted by atomic mass is 32.1. The molecule has 4 heteroatoms. The Bertz CT molecular complexity index is 630. The Balaban J connectivity index is 1.68. The van der Waals surface area contributed by atoms with Crippen LogP contribution in [0.4, 0.5) is 0 Å². The molecule has 0 saturated carbocycles. The van der Waals surface area contributed by atoms with E-state index in [0.717, 1.165) is 22.9 Å². The Morgan fingerprint density at radius 3 is 2.70 bits per heavy atom. The Morgan fingerprint density at radius 2 is 2.00 bits per heavy atom. The largest absolute Gasteiger partial charge is 0.496 e. The van der Waals surface area contributed by atoms with Gasteiger partial charge in [0.1, 0.15) is 5.75 Å². The van der Waals surface area contributed by atoms with E-state index < -0.39 is 0 Å². The Labute approximate surface area is 143 Å². The summed E-state index contributed by atoms with van der Waals surface area (Å²) in [7, 11) is 1.72. The van der Waals surface area contributed by atoms with Crippen LogP contribution in [0.3, 0.4) is 0 Å². The van der Waals surface area contributed by atoms with Crippen LogP contribution >= 0.6 is 11.3 Å². The van der Waals surface area contributed by atoms with Crippen molar-refractivity contribution in [1.29, 1.82) is 0 Å². The fraction of sp³-hybridized carbons (Fsp3) is 0.526. The summed E-state index contributed by atoms with van der Waals surface area (Å²) in [5.74, 6) is 2.27. The first kappa shape index (κ1) is 16.5. The summed E-state index contributed by atoms with van der Waals surface area (Å²) in [6.07, 6.45) is 2.46. The molecule has 2 aromatic rings. The van der Waals surface area contributed by atoms with Crippen molar-refractivity contribution in [2.24, 2.45) is 5.92 Å². The van der Waals surface area contributed by atoms with E-state index in [1.807, 2.05) is 18.2 Å². The molecular formula is C19H26N2OS. The molecule has 0 unspecified atom stereocenters. The van der Waals surface area contributed by atoms with Crippen molar-refractivity contribution in [3.63, 3.8) is 0 Å². The van der Waals surface area contributed by atoms with Crippen LogP contribution in [-0.2, 0) is 0 Å². The third kappa shape index (κ3) is 3.93. The molecule has 0 radical (unpaired) electrons. The molecule has 1 aromatic carbocycles. The number of nitrogens with zero attached hydrogens (tertiary/aromatic N) is 2. The molecule has 0 N–H and O–H groups in total. The van der Waals surface area contributed by atoms with Crippen molar-refractivity contribution in [3.05, 3.63) is 34.7 Å². The number of methoxy groups -OCH3 is 1. The monoisotopic (exact) mass is 330 g/mol. The number of piperidine rings is 1. The van der Waals surface area contributed by atoms with E-state index in [4.69, 9.17) is 9.72 Å². The molecule has 1 aromatic heterocycles. The first-order chi connectivity index (χ1) is 11.2. The maximum absolute atomic E-state index is 5.46. The van der Waals surface area contributed by atoms with Crippen molar-refractivity contribution in [3.8, 4) is 17.0 Å². The van der Waals surface area contributed by atoms with Crippen molar-refractivity contribution in [1.82, 2.24) is 9.88 Å². The zero-order valence-electron chi connectivity index (χ0n) is 14.3. The third-order valence-corrected chi connectivity index (χ3v) is 5.47. The van der Waals surface area contributed by atoms with Gasteiger partial charge in [0.05, 0.1) is 17.8 Å². The summed E-state index contributed by atoms with van der Waals surface area (Å²) in [4.78, 5) is 7.51. The molecular weight excluding hydrogens is 304 g/mol. The maximum Gasteiger partial charge on any atom is 0.128 e. The summed E-state index contributed by atoms with van der Waals surface area (Å²) in [5.41, 5.74) is 2.14. The average molecular weight is 330 g/mol. The predicted molar refractivity (Wildman–Crippen MR) is 97.4 cm³/mol. The lowest BCUT2D eigenvalue weighted by molar-refractivity contribution is 0.192. The van der Waals surface area contributed by atoms with E-state index >= 15 is 0 Å². The number of hydrogen-bond acceptors (Lipinski definition) is 4. The van der Waals surface area contributed by atoms with Gasteiger partial charge in [0.15, 0.2) is 0 Å². The highest BCUT2D eigenvalue weighted by Crippen LogP contribution is 2.35. The van der Waals surface area contributed by atoms with Gasteiger partial charge in [-0.1, -0.05) is 26.0 Å². The number of ether oxygens (including phenoxy) is 1. The summed E-state index contributed by atoms with van der Waals surface area (Å²) >= 11 is 1.80. The molecule has 1 aliphatic rings. The number of para-hydroxylation sites is 1. The zero-order chi connectivity index (χ0) is 16.2. The van der Waals surface area contributed by atoms with E-state index in [2.05, 4.69) is 30.2 Å². The van der Waals surface area contributed by atoms with Crippen molar-refractivity contribution >= 4 is 11.3 Å². The zero-order valence-corrected chi connectivity index (χ0v) is 15.1. The lowest BCUT2D eigenvalue weighted by atomic mass is 9.97. The van der Waals surface area contributed by atoms with Crippen LogP contribution in [0, 0.1) is 5.92 Å². The normalized spacial score (nSPS) is 16.9. The Hall–Kier alpha value is -1.39. The second-order valence-electron chi connectivity index (χ2n) is 6.74. The van der Waals surface area contributed by atoms with Crippen molar-refractivity contribution in [2.75, 3.05) is 26.7 Å². The minimum atomic E-state index is 0.617. The van der Waals surface area contributed by atoms with Gasteiger partial charge < -0.3 is 9.64 Å². The standard InChI is InChI=1S/C19H26N2OS/c1-14(2)12-21-10-8-15(9-11-21)19-20-17(13-23-19)16-6-4-5-7-18(16)22-3/h4-7,13-15H,8-12H2,1-3H3. The van der Waals surface area contributed by atoms with Crippen LogP contribution in [0.2, 0.25) is 0 Å². The van der Waals surface area contributed by atoms with Crippen LogP contribution in [0.5, 0.6) is 5.75 Å². The molecule has 0 aliphatic carbocycles. The summed E-state index contributed by atoms with van der Waals surface area (Å²) in [5, 5.41) is 3.46. The first-order valence-corrected chi connectivity index (χ1v) is 9.36. The molecule has 0 spiro atoms. The second-order valence-corrected chi connectivity index (χ2v) is 7.63. The lowest BCUT2D eigenvalue weighted by Gasteiger charge is -2.32. The maximum atomic E-state index is 5.46. The molecule has 2 heterocycles. The number of hydrogen-bond donors (Lipinski definition) is 0. The number of rotatable bonds is 5. The molecule has 3 nitrogen and oxygen atoms in total. The van der Waals surface area contributed by atoms with Crippen LogP contribution in [0.1, 0.15) is 37.6 Å². The van der Waals surface area contributed by atoms with Gasteiger partial charge in [-0.3, -0.25) is 0 Å². The lowest BCUT2D eigenvalue weighted by Crippen LogP contribution is -2.35. The summed E-state index contributed by atoms with van der Waals surface area (Å²) in [6, 6.07) is 8.13. The van der Waals surface area contributed by atoms with Crippen LogP contribution in [-0.4, -0.2) is 36.6 Å². The third-order valence-electron chi connectivity index (χ3n) is 4.47. The summed E-state index contributed by atoms with van der Waals surface area (Å²) < 4.78 is 5.46. The minimum absolute atomic E-state index is 0.617. The average Bonchev–Trinajstić information content (AvgIpc) is 3.05. The van der Waals surface area contributed by atoms with E-state index in [-0.39, 0.29) is 0 Å². The quantitative estimate of drug-likeness (QED) is 0.797. The molecule has 124 valence electrons. The van der Waals surface area contributed by atoms with Gasteiger partial charge >= 0.3 is 0 Å². The highest BCUT2D eigenvalue weighted by molar-refractivity contribution is 7.10. The number of benzene rings is 1. The van der Waals surface area contributed by atoms with Gasteiger partial charge in [0, 0.05) is 23.4 Å². The molecule has 1 aliphatic heterocycles. The molecule has 0 atom stereocenters. The van der Waals surface area contributed by atoms with Crippen molar-refractivity contribution in [2.45, 2.75) is 32.6 Å². The van der Waals surface area contributed by atoms with Gasteiger partial charge in [-0.2, -0.15) is 0 Å². The number of aromatic nitrogens is 1. The van der Waals surface area contributed by atoms with Gasteiger partial charge in [0.25, 0.3) is 0 Å². The Kier molecular flexibility index (Phi) is 5.34. The Morgan fingerprint density at radius 1 is 1.26 bits per heavy atom. The number of likely N-dealkylation sites (tertiary alicyclic amines) is 1. The smallest absolute Gasteiger partial charge is 0.128 e. The molecule has 0 amide bonds. The fourth-order valence-electron chi connectivity index (χ4n) is 3.33. The second kappa shape index (κ2) is 7.45. The topological polar surface area (TPSA) is 25.4 Å². The van der Waals surface area contributed by atoms with E-state index in [1.165, 1.54) is 37.5 Å². The van der Waals surface area contributed by atoms with E-state index in [1.54, 1.807) is 18.4 Å². The molecule has 1 saturated heterocycles. The predicted octanol–water partition coefficient (Wildman–Crippen LogP) is 4.65. The highest BCUT2D eigenvalue weighted by Gasteiger charge is 2.23. The molecule has 0 bridgehead atoms. The molecule has 23 heavy (non-hydrogen) atoms. The van der Waals surface area contributed by atoms with E-state index in [0.29, 0.717) is 5.92 Å². The van der Waals surface area contributed by atoms with Crippen molar-refractivity contribution < 1.29 is 4.74 Å². The minimum Gasteiger partial charge on any atom is -0.496 e. The molecule has 1 fully saturated rings. The first-order valence-electron chi connectivity index (χ1n) is 8.48. The van der Waals surface area contributed by atoms with Gasteiger partial charge in [-0.25, -0.2) is 4.98 Å². The van der Waals surface area contributed by atoms with Gasteiger partial charge in [0.2, 0.25) is 0 Å².